The Labute approximate surface area is 324 Å². The molecule has 2 aliphatic heterocycles. The van der Waals surface area contributed by atoms with Crippen molar-refractivity contribution >= 4 is 57.2 Å². The molecular weight excluding hydrogens is 663 g/mol. The summed E-state index contributed by atoms with van der Waals surface area (Å²) < 4.78 is 0. The van der Waals surface area contributed by atoms with Crippen molar-refractivity contribution in [2.45, 2.75) is 62.2 Å². The van der Waals surface area contributed by atoms with Gasteiger partial charge in [-0.1, -0.05) is 135 Å². The van der Waals surface area contributed by atoms with Crippen LogP contribution in [0.25, 0.3) is 22.3 Å². The van der Waals surface area contributed by atoms with Gasteiger partial charge in [-0.05, 0) is 123 Å². The van der Waals surface area contributed by atoms with Gasteiger partial charge in [0, 0.05) is 50.5 Å². The van der Waals surface area contributed by atoms with E-state index in [9.17, 15) is 0 Å². The Hall–Kier alpha value is -5.80. The number of rotatable bonds is 2. The van der Waals surface area contributed by atoms with Gasteiger partial charge >= 0.3 is 0 Å². The summed E-state index contributed by atoms with van der Waals surface area (Å²) in [5.74, 6) is 0. The second-order valence-electron chi connectivity index (χ2n) is 17.0. The van der Waals surface area contributed by atoms with Gasteiger partial charge < -0.3 is 9.80 Å². The number of fused-ring (bicyclic) bond motifs is 15. The number of para-hydroxylation sites is 2. The summed E-state index contributed by atoms with van der Waals surface area (Å²) in [5.41, 5.74) is 24.1. The second-order valence-corrected chi connectivity index (χ2v) is 17.0. The fraction of sp³-hybridized carbons (Fsp3) is 0.192. The van der Waals surface area contributed by atoms with Crippen molar-refractivity contribution in [2.24, 2.45) is 0 Å². The molecule has 2 fully saturated rings. The SMILES string of the molecule is c1ccc(N2c3cc4c(cc3B3c5ccc6c(c5N(c5ccccc5)c5cccc2c53)-c2ccccc2C62CCCC2)-c2ccccc2C42CCCC2)cc1. The van der Waals surface area contributed by atoms with Crippen LogP contribution in [0.15, 0.2) is 152 Å². The molecule has 0 radical (unpaired) electrons. The number of hydrogen-bond donors (Lipinski definition) is 0. The van der Waals surface area contributed by atoms with E-state index in [0.717, 1.165) is 0 Å². The maximum absolute atomic E-state index is 2.65. The van der Waals surface area contributed by atoms with Gasteiger partial charge in [-0.15, -0.1) is 0 Å². The molecular formula is C52H41BN2. The highest BCUT2D eigenvalue weighted by atomic mass is 15.2. The van der Waals surface area contributed by atoms with Crippen LogP contribution in [-0.2, 0) is 10.8 Å². The molecule has 2 heterocycles. The van der Waals surface area contributed by atoms with Crippen LogP contribution in [0.4, 0.5) is 34.1 Å². The van der Waals surface area contributed by atoms with Crippen LogP contribution in [0.3, 0.4) is 0 Å². The monoisotopic (exact) mass is 704 g/mol. The first-order valence-corrected chi connectivity index (χ1v) is 20.7. The lowest BCUT2D eigenvalue weighted by molar-refractivity contribution is 0.550. The molecule has 7 aromatic carbocycles. The van der Waals surface area contributed by atoms with Crippen LogP contribution >= 0.6 is 0 Å². The van der Waals surface area contributed by atoms with Crippen molar-refractivity contribution in [2.75, 3.05) is 9.80 Å². The van der Waals surface area contributed by atoms with Crippen molar-refractivity contribution in [3.8, 4) is 22.3 Å². The van der Waals surface area contributed by atoms with Gasteiger partial charge in [0.15, 0.2) is 0 Å². The van der Waals surface area contributed by atoms with E-state index in [-0.39, 0.29) is 17.5 Å². The highest BCUT2D eigenvalue weighted by molar-refractivity contribution is 7.00. The molecule has 13 rings (SSSR count). The van der Waals surface area contributed by atoms with Crippen LogP contribution in [0.2, 0.25) is 0 Å². The van der Waals surface area contributed by atoms with Gasteiger partial charge in [0.25, 0.3) is 6.71 Å². The maximum Gasteiger partial charge on any atom is 0.252 e. The van der Waals surface area contributed by atoms with Crippen LogP contribution in [0.1, 0.15) is 73.6 Å². The summed E-state index contributed by atoms with van der Waals surface area (Å²) in [6.07, 6.45) is 10.1. The van der Waals surface area contributed by atoms with Gasteiger partial charge in [0.1, 0.15) is 0 Å². The third-order valence-electron chi connectivity index (χ3n) is 14.7. The molecule has 0 saturated heterocycles. The number of nitrogens with zero attached hydrogens (tertiary/aromatic N) is 2. The summed E-state index contributed by atoms with van der Waals surface area (Å²) in [5, 5.41) is 0. The molecule has 55 heavy (non-hydrogen) atoms. The Morgan fingerprint density at radius 2 is 0.964 bits per heavy atom. The Balaban J connectivity index is 1.16. The second kappa shape index (κ2) is 10.9. The average molecular weight is 705 g/mol. The Bertz CT molecular complexity index is 2720. The Kier molecular flexibility index (Phi) is 6.06. The first-order chi connectivity index (χ1) is 27.3. The maximum atomic E-state index is 2.65. The van der Waals surface area contributed by atoms with E-state index in [1.54, 1.807) is 22.3 Å². The quantitative estimate of drug-likeness (QED) is 0.165. The fourth-order valence-corrected chi connectivity index (χ4v) is 12.6. The average Bonchev–Trinajstić information content (AvgIpc) is 4.05. The highest BCUT2D eigenvalue weighted by Crippen LogP contribution is 2.61. The zero-order chi connectivity index (χ0) is 35.9. The zero-order valence-electron chi connectivity index (χ0n) is 31.1. The Morgan fingerprint density at radius 1 is 0.400 bits per heavy atom. The number of hydrogen-bond acceptors (Lipinski definition) is 2. The molecule has 2 saturated carbocycles. The first kappa shape index (κ1) is 30.5. The van der Waals surface area contributed by atoms with E-state index in [0.29, 0.717) is 0 Å². The van der Waals surface area contributed by atoms with Crippen molar-refractivity contribution in [1.82, 2.24) is 0 Å². The van der Waals surface area contributed by atoms with Crippen LogP contribution in [0.5, 0.6) is 0 Å². The summed E-state index contributed by atoms with van der Waals surface area (Å²) in [4.78, 5) is 5.24. The predicted octanol–water partition coefficient (Wildman–Crippen LogP) is 11.5. The summed E-state index contributed by atoms with van der Waals surface area (Å²) in [6.45, 7) is 0.0892. The summed E-state index contributed by atoms with van der Waals surface area (Å²) in [6, 6.07) is 58.6. The minimum absolute atomic E-state index is 0.0892. The van der Waals surface area contributed by atoms with E-state index in [4.69, 9.17) is 0 Å². The molecule has 3 heteroatoms. The van der Waals surface area contributed by atoms with Gasteiger partial charge in [-0.25, -0.2) is 0 Å². The molecule has 0 atom stereocenters. The lowest BCUT2D eigenvalue weighted by Crippen LogP contribution is -2.61. The highest BCUT2D eigenvalue weighted by Gasteiger charge is 2.52. The number of anilines is 6. The minimum Gasteiger partial charge on any atom is -0.311 e. The Morgan fingerprint density at radius 3 is 1.65 bits per heavy atom. The molecule has 6 aliphatic rings. The van der Waals surface area contributed by atoms with Gasteiger partial charge in [0.2, 0.25) is 0 Å². The van der Waals surface area contributed by atoms with Crippen LogP contribution in [0, 0.1) is 0 Å². The van der Waals surface area contributed by atoms with Gasteiger partial charge in [-0.3, -0.25) is 0 Å². The molecule has 7 aromatic rings. The lowest BCUT2D eigenvalue weighted by Gasteiger charge is -2.45. The molecule has 4 aliphatic carbocycles. The van der Waals surface area contributed by atoms with E-state index in [1.165, 1.54) is 124 Å². The third-order valence-corrected chi connectivity index (χ3v) is 14.7. The third kappa shape index (κ3) is 3.77. The zero-order valence-corrected chi connectivity index (χ0v) is 31.1. The van der Waals surface area contributed by atoms with Crippen molar-refractivity contribution in [3.05, 3.63) is 174 Å². The largest absolute Gasteiger partial charge is 0.311 e. The molecule has 0 bridgehead atoms. The molecule has 2 spiro atoms. The smallest absolute Gasteiger partial charge is 0.252 e. The lowest BCUT2D eigenvalue weighted by atomic mass is 9.33. The summed E-state index contributed by atoms with van der Waals surface area (Å²) in [7, 11) is 0. The van der Waals surface area contributed by atoms with Gasteiger partial charge in [-0.2, -0.15) is 0 Å². The minimum atomic E-state index is 0.0892. The van der Waals surface area contributed by atoms with E-state index < -0.39 is 0 Å². The normalized spacial score (nSPS) is 18.1. The topological polar surface area (TPSA) is 6.48 Å². The fourth-order valence-electron chi connectivity index (χ4n) is 12.6. The van der Waals surface area contributed by atoms with Crippen LogP contribution in [-0.4, -0.2) is 6.71 Å². The molecule has 262 valence electrons. The van der Waals surface area contributed by atoms with E-state index >= 15 is 0 Å². The molecule has 0 aromatic heterocycles. The van der Waals surface area contributed by atoms with Crippen molar-refractivity contribution < 1.29 is 0 Å². The molecule has 0 amide bonds. The molecule has 0 N–H and O–H groups in total. The van der Waals surface area contributed by atoms with Crippen LogP contribution < -0.4 is 26.2 Å². The van der Waals surface area contributed by atoms with E-state index in [1.807, 2.05) is 0 Å². The predicted molar refractivity (Wildman–Crippen MR) is 230 cm³/mol. The molecule has 0 unspecified atom stereocenters. The standard InChI is InChI=1S/C52H41BN2/c1-3-16-34(17-4-1)54-45-24-15-25-46-49(45)53(44-32-38-36-20-7-9-22-39(36)52(30-13-14-31-52)42(38)33-47(44)54)43-27-26-41-48(50(43)55(46)35-18-5-2-6-19-35)37-21-8-10-23-40(37)51(41)28-11-12-29-51/h1-10,15-27,32-33H,11-14,28-31H2. The molecule has 2 nitrogen and oxygen atoms in total. The van der Waals surface area contributed by atoms with Crippen molar-refractivity contribution in [3.63, 3.8) is 0 Å². The summed E-state index contributed by atoms with van der Waals surface area (Å²) >= 11 is 0. The first-order valence-electron chi connectivity index (χ1n) is 20.7. The van der Waals surface area contributed by atoms with Crippen molar-refractivity contribution in [1.29, 1.82) is 0 Å². The van der Waals surface area contributed by atoms with E-state index in [2.05, 4.69) is 161 Å². The van der Waals surface area contributed by atoms with Gasteiger partial charge in [0.05, 0.1) is 0 Å². The number of benzene rings is 7.